The number of rotatable bonds is 4. The fraction of sp³-hybridized carbons (Fsp3) is 0.0476. The van der Waals surface area contributed by atoms with Gasteiger partial charge in [0.15, 0.2) is 0 Å². The number of esters is 1. The summed E-state index contributed by atoms with van der Waals surface area (Å²) in [4.78, 5) is 23.8. The lowest BCUT2D eigenvalue weighted by atomic mass is 10.0. The highest BCUT2D eigenvalue weighted by Gasteiger charge is 2.12. The van der Waals surface area contributed by atoms with Gasteiger partial charge in [-0.25, -0.2) is 4.79 Å². The first-order chi connectivity index (χ1) is 13.0. The van der Waals surface area contributed by atoms with Crippen molar-refractivity contribution in [3.05, 3.63) is 81.4 Å². The molecule has 3 aromatic carbocycles. The molecule has 0 bridgehead atoms. The standard InChI is InChI=1S/C21H16INO4/c1-27-21(26)15-4-2-13(3-5-15)14-6-9-17(10-7-14)23-20(25)18-11-8-16(22)12-19(18)24/h2-12,24H,1H3,(H,23,25). The van der Waals surface area contributed by atoms with Crippen molar-refractivity contribution in [2.45, 2.75) is 0 Å². The number of amides is 1. The van der Waals surface area contributed by atoms with Gasteiger partial charge in [-0.1, -0.05) is 24.3 Å². The van der Waals surface area contributed by atoms with Gasteiger partial charge in [0.05, 0.1) is 18.2 Å². The van der Waals surface area contributed by atoms with Crippen LogP contribution in [0.25, 0.3) is 11.1 Å². The number of carbonyl (C=O) groups excluding carboxylic acids is 2. The Balaban J connectivity index is 1.73. The molecule has 2 N–H and O–H groups in total. The van der Waals surface area contributed by atoms with Crippen molar-refractivity contribution in [2.75, 3.05) is 12.4 Å². The van der Waals surface area contributed by atoms with E-state index in [1.807, 2.05) is 24.3 Å². The summed E-state index contributed by atoms with van der Waals surface area (Å²) < 4.78 is 5.54. The summed E-state index contributed by atoms with van der Waals surface area (Å²) in [5.41, 5.74) is 3.21. The number of anilines is 1. The van der Waals surface area contributed by atoms with Crippen LogP contribution in [0.1, 0.15) is 20.7 Å². The number of ether oxygens (including phenoxy) is 1. The molecule has 0 atom stereocenters. The smallest absolute Gasteiger partial charge is 0.337 e. The summed E-state index contributed by atoms with van der Waals surface area (Å²) in [7, 11) is 1.35. The SMILES string of the molecule is COC(=O)c1ccc(-c2ccc(NC(=O)c3ccc(I)cc3O)cc2)cc1. The first kappa shape index (κ1) is 18.9. The summed E-state index contributed by atoms with van der Waals surface area (Å²) in [6, 6.07) is 19.3. The second-order valence-corrected chi connectivity index (χ2v) is 7.01. The third-order valence-corrected chi connectivity index (χ3v) is 4.66. The molecule has 0 aromatic heterocycles. The third kappa shape index (κ3) is 4.46. The molecule has 0 fully saturated rings. The zero-order chi connectivity index (χ0) is 19.4. The van der Waals surface area contributed by atoms with E-state index in [1.165, 1.54) is 13.2 Å². The predicted octanol–water partition coefficient (Wildman–Crippen LogP) is 4.70. The molecular formula is C21H16INO4. The van der Waals surface area contributed by atoms with Crippen LogP contribution in [-0.2, 0) is 4.74 Å². The van der Waals surface area contributed by atoms with Gasteiger partial charge in [0.25, 0.3) is 5.91 Å². The molecule has 0 heterocycles. The highest BCUT2D eigenvalue weighted by Crippen LogP contribution is 2.24. The summed E-state index contributed by atoms with van der Waals surface area (Å²) >= 11 is 2.07. The Hall–Kier alpha value is -2.87. The molecule has 0 unspecified atom stereocenters. The van der Waals surface area contributed by atoms with Crippen LogP contribution in [0.15, 0.2) is 66.7 Å². The van der Waals surface area contributed by atoms with Gasteiger partial charge in [-0.05, 0) is 76.2 Å². The van der Waals surface area contributed by atoms with E-state index in [9.17, 15) is 14.7 Å². The first-order valence-electron chi connectivity index (χ1n) is 8.06. The van der Waals surface area contributed by atoms with E-state index in [0.29, 0.717) is 11.3 Å². The predicted molar refractivity (Wildman–Crippen MR) is 112 cm³/mol. The van der Waals surface area contributed by atoms with Crippen LogP contribution in [0.5, 0.6) is 5.75 Å². The number of carbonyl (C=O) groups is 2. The molecule has 0 aliphatic heterocycles. The lowest BCUT2D eigenvalue weighted by Gasteiger charge is -2.09. The number of phenolic OH excluding ortho intramolecular Hbond substituents is 1. The molecule has 27 heavy (non-hydrogen) atoms. The summed E-state index contributed by atoms with van der Waals surface area (Å²) in [5, 5.41) is 12.7. The molecule has 1 amide bonds. The van der Waals surface area contributed by atoms with Gasteiger partial charge < -0.3 is 15.2 Å². The van der Waals surface area contributed by atoms with Gasteiger partial charge in [-0.3, -0.25) is 4.79 Å². The van der Waals surface area contributed by atoms with E-state index in [-0.39, 0.29) is 23.2 Å². The highest BCUT2D eigenvalue weighted by molar-refractivity contribution is 14.1. The number of benzene rings is 3. The van der Waals surface area contributed by atoms with Gasteiger partial charge in [0.1, 0.15) is 5.75 Å². The van der Waals surface area contributed by atoms with Gasteiger partial charge in [-0.15, -0.1) is 0 Å². The molecule has 0 aliphatic carbocycles. The van der Waals surface area contributed by atoms with Gasteiger partial charge in [0, 0.05) is 9.26 Å². The Labute approximate surface area is 170 Å². The monoisotopic (exact) mass is 473 g/mol. The molecule has 0 saturated carbocycles. The van der Waals surface area contributed by atoms with E-state index in [4.69, 9.17) is 0 Å². The van der Waals surface area contributed by atoms with Crippen molar-refractivity contribution in [3.63, 3.8) is 0 Å². The van der Waals surface area contributed by atoms with Gasteiger partial charge in [0.2, 0.25) is 0 Å². The second kappa shape index (κ2) is 8.22. The van der Waals surface area contributed by atoms with Gasteiger partial charge in [-0.2, -0.15) is 0 Å². The van der Waals surface area contributed by atoms with E-state index < -0.39 is 0 Å². The first-order valence-corrected chi connectivity index (χ1v) is 9.14. The average Bonchev–Trinajstić information content (AvgIpc) is 2.68. The molecule has 6 heteroatoms. The summed E-state index contributed by atoms with van der Waals surface area (Å²) in [5.74, 6) is -0.806. The van der Waals surface area contributed by atoms with Crippen LogP contribution < -0.4 is 5.32 Å². The molecular weight excluding hydrogens is 457 g/mol. The number of methoxy groups -OCH3 is 1. The molecule has 0 saturated heterocycles. The Kier molecular flexibility index (Phi) is 5.75. The quantitative estimate of drug-likeness (QED) is 0.426. The maximum atomic E-state index is 12.3. The largest absolute Gasteiger partial charge is 0.507 e. The number of phenols is 1. The zero-order valence-corrected chi connectivity index (χ0v) is 16.6. The van der Waals surface area contributed by atoms with E-state index in [2.05, 4.69) is 32.6 Å². The molecule has 0 aliphatic rings. The Morgan fingerprint density at radius 2 is 1.52 bits per heavy atom. The number of hydrogen-bond acceptors (Lipinski definition) is 4. The lowest BCUT2D eigenvalue weighted by Crippen LogP contribution is -2.12. The molecule has 5 nitrogen and oxygen atoms in total. The highest BCUT2D eigenvalue weighted by atomic mass is 127. The number of halogens is 1. The molecule has 3 aromatic rings. The fourth-order valence-electron chi connectivity index (χ4n) is 2.56. The minimum atomic E-state index is -0.376. The Morgan fingerprint density at radius 3 is 2.07 bits per heavy atom. The summed E-state index contributed by atoms with van der Waals surface area (Å²) in [6.07, 6.45) is 0. The van der Waals surface area contributed by atoms with Crippen LogP contribution in [-0.4, -0.2) is 24.1 Å². The van der Waals surface area contributed by atoms with Crippen molar-refractivity contribution in [3.8, 4) is 16.9 Å². The average molecular weight is 473 g/mol. The Bertz CT molecular complexity index is 982. The van der Waals surface area contributed by atoms with Crippen LogP contribution in [0.4, 0.5) is 5.69 Å². The molecule has 0 radical (unpaired) electrons. The fourth-order valence-corrected chi connectivity index (χ4v) is 3.03. The van der Waals surface area contributed by atoms with Crippen molar-refractivity contribution in [1.82, 2.24) is 0 Å². The zero-order valence-electron chi connectivity index (χ0n) is 14.4. The van der Waals surface area contributed by atoms with Crippen molar-refractivity contribution in [1.29, 1.82) is 0 Å². The maximum Gasteiger partial charge on any atom is 0.337 e. The van der Waals surface area contributed by atoms with E-state index >= 15 is 0 Å². The Morgan fingerprint density at radius 1 is 0.926 bits per heavy atom. The van der Waals surface area contributed by atoms with Crippen molar-refractivity contribution < 1.29 is 19.4 Å². The normalized spacial score (nSPS) is 10.3. The topological polar surface area (TPSA) is 75.6 Å². The van der Waals surface area contributed by atoms with Crippen molar-refractivity contribution in [2.24, 2.45) is 0 Å². The number of nitrogens with one attached hydrogen (secondary N) is 1. The summed E-state index contributed by atoms with van der Waals surface area (Å²) in [6.45, 7) is 0. The molecule has 3 rings (SSSR count). The van der Waals surface area contributed by atoms with Crippen LogP contribution in [0, 0.1) is 3.57 Å². The maximum absolute atomic E-state index is 12.3. The van der Waals surface area contributed by atoms with Crippen LogP contribution in [0.3, 0.4) is 0 Å². The second-order valence-electron chi connectivity index (χ2n) is 5.76. The van der Waals surface area contributed by atoms with E-state index in [0.717, 1.165) is 14.7 Å². The number of hydrogen-bond donors (Lipinski definition) is 2. The van der Waals surface area contributed by atoms with Crippen molar-refractivity contribution >= 4 is 40.2 Å². The van der Waals surface area contributed by atoms with E-state index in [1.54, 1.807) is 36.4 Å². The van der Waals surface area contributed by atoms with Crippen LogP contribution in [0.2, 0.25) is 0 Å². The number of aromatic hydroxyl groups is 1. The molecule has 136 valence electrons. The van der Waals surface area contributed by atoms with Crippen LogP contribution >= 0.6 is 22.6 Å². The third-order valence-electron chi connectivity index (χ3n) is 3.99. The minimum absolute atomic E-state index is 0.0540. The lowest BCUT2D eigenvalue weighted by molar-refractivity contribution is 0.0600. The van der Waals surface area contributed by atoms with Gasteiger partial charge >= 0.3 is 5.97 Å². The minimum Gasteiger partial charge on any atom is -0.507 e. The molecule has 0 spiro atoms.